The van der Waals surface area contributed by atoms with Crippen LogP contribution < -0.4 is 0 Å². The Labute approximate surface area is 114 Å². The molecule has 0 fully saturated rings. The quantitative estimate of drug-likeness (QED) is 0.765. The average molecular weight is 254 g/mol. The summed E-state index contributed by atoms with van der Waals surface area (Å²) in [4.78, 5) is 12.2. The largest absolute Gasteiger partial charge is 0.454 e. The van der Waals surface area contributed by atoms with E-state index in [1.807, 2.05) is 68.4 Å². The highest BCUT2D eigenvalue weighted by atomic mass is 16.5. The summed E-state index contributed by atoms with van der Waals surface area (Å²) in [5.74, 6) is -0.256. The zero-order valence-electron chi connectivity index (χ0n) is 11.3. The maximum absolute atomic E-state index is 12.2. The molecular formula is C17H18O2. The fraction of sp³-hybridized carbons (Fsp3) is 0.235. The molecule has 2 heteroatoms. The molecule has 2 aromatic rings. The van der Waals surface area contributed by atoms with Crippen molar-refractivity contribution in [3.63, 3.8) is 0 Å². The molecule has 1 atom stereocenters. The van der Waals surface area contributed by atoms with Crippen LogP contribution in [-0.4, -0.2) is 5.97 Å². The molecule has 0 aliphatic rings. The lowest BCUT2D eigenvalue weighted by molar-refractivity contribution is 0.0336. The van der Waals surface area contributed by atoms with Gasteiger partial charge in [0.15, 0.2) is 0 Å². The third-order valence-corrected chi connectivity index (χ3v) is 3.17. The van der Waals surface area contributed by atoms with Crippen LogP contribution >= 0.6 is 0 Å². The Hall–Kier alpha value is -2.09. The topological polar surface area (TPSA) is 26.3 Å². The summed E-state index contributed by atoms with van der Waals surface area (Å²) in [5.41, 5.74) is 2.69. The predicted molar refractivity (Wildman–Crippen MR) is 76.1 cm³/mol. The summed E-state index contributed by atoms with van der Waals surface area (Å²) in [6, 6.07) is 17.3. The molecule has 0 saturated heterocycles. The molecule has 0 aliphatic heterocycles. The van der Waals surface area contributed by atoms with Crippen molar-refractivity contribution in [3.05, 3.63) is 71.3 Å². The second kappa shape index (κ2) is 6.19. The average Bonchev–Trinajstić information content (AvgIpc) is 2.48. The standard InChI is InChI=1S/C17H18O2/c1-3-14-9-7-8-12-16(14)17(18)19-13(2)15-10-5-4-6-11-15/h4-13H,3H2,1-2H3. The minimum absolute atomic E-state index is 0.237. The second-order valence-electron chi connectivity index (χ2n) is 4.47. The first kappa shape index (κ1) is 13.3. The molecule has 98 valence electrons. The van der Waals surface area contributed by atoms with Crippen molar-refractivity contribution in [2.75, 3.05) is 0 Å². The highest BCUT2D eigenvalue weighted by Crippen LogP contribution is 2.19. The molecule has 0 bridgehead atoms. The lowest BCUT2D eigenvalue weighted by Gasteiger charge is -2.15. The third kappa shape index (κ3) is 3.22. The number of hydrogen-bond acceptors (Lipinski definition) is 2. The smallest absolute Gasteiger partial charge is 0.339 e. The summed E-state index contributed by atoms with van der Waals surface area (Å²) in [5, 5.41) is 0. The number of aryl methyl sites for hydroxylation is 1. The van der Waals surface area contributed by atoms with Gasteiger partial charge in [-0.3, -0.25) is 0 Å². The zero-order valence-corrected chi connectivity index (χ0v) is 11.3. The van der Waals surface area contributed by atoms with Crippen LogP contribution in [0.1, 0.15) is 41.4 Å². The maximum atomic E-state index is 12.2. The molecule has 0 radical (unpaired) electrons. The highest BCUT2D eigenvalue weighted by Gasteiger charge is 2.15. The van der Waals surface area contributed by atoms with E-state index in [0.29, 0.717) is 5.56 Å². The minimum Gasteiger partial charge on any atom is -0.454 e. The Bertz CT molecular complexity index is 546. The monoisotopic (exact) mass is 254 g/mol. The summed E-state index contributed by atoms with van der Waals surface area (Å²) >= 11 is 0. The van der Waals surface area contributed by atoms with Gasteiger partial charge < -0.3 is 4.74 Å². The van der Waals surface area contributed by atoms with E-state index in [-0.39, 0.29) is 12.1 Å². The summed E-state index contributed by atoms with van der Waals surface area (Å²) in [6.07, 6.45) is 0.587. The fourth-order valence-electron chi connectivity index (χ4n) is 2.04. The van der Waals surface area contributed by atoms with E-state index in [4.69, 9.17) is 4.74 Å². The van der Waals surface area contributed by atoms with E-state index >= 15 is 0 Å². The van der Waals surface area contributed by atoms with Crippen LogP contribution in [0, 0.1) is 0 Å². The normalized spacial score (nSPS) is 11.9. The Morgan fingerprint density at radius 1 is 1.05 bits per heavy atom. The van der Waals surface area contributed by atoms with Gasteiger partial charge in [-0.05, 0) is 30.5 Å². The number of ether oxygens (including phenoxy) is 1. The molecule has 19 heavy (non-hydrogen) atoms. The molecule has 0 heterocycles. The van der Waals surface area contributed by atoms with Gasteiger partial charge in [-0.1, -0.05) is 55.5 Å². The molecule has 2 nitrogen and oxygen atoms in total. The van der Waals surface area contributed by atoms with Gasteiger partial charge in [0.1, 0.15) is 6.10 Å². The minimum atomic E-state index is -0.256. The molecule has 0 aromatic heterocycles. The van der Waals surface area contributed by atoms with E-state index in [2.05, 4.69) is 0 Å². The molecule has 0 amide bonds. The lowest BCUT2D eigenvalue weighted by atomic mass is 10.1. The van der Waals surface area contributed by atoms with E-state index < -0.39 is 0 Å². The van der Waals surface area contributed by atoms with E-state index in [0.717, 1.165) is 17.5 Å². The molecule has 2 aromatic carbocycles. The van der Waals surface area contributed by atoms with Crippen molar-refractivity contribution >= 4 is 5.97 Å². The molecule has 0 spiro atoms. The third-order valence-electron chi connectivity index (χ3n) is 3.17. The van der Waals surface area contributed by atoms with Crippen LogP contribution in [0.5, 0.6) is 0 Å². The van der Waals surface area contributed by atoms with Gasteiger partial charge in [0.05, 0.1) is 5.56 Å². The van der Waals surface area contributed by atoms with Gasteiger partial charge in [0.2, 0.25) is 0 Å². The number of esters is 1. The van der Waals surface area contributed by atoms with Gasteiger partial charge in [-0.15, -0.1) is 0 Å². The van der Waals surface area contributed by atoms with Crippen LogP contribution in [0.2, 0.25) is 0 Å². The number of benzene rings is 2. The molecule has 1 unspecified atom stereocenters. The van der Waals surface area contributed by atoms with Crippen molar-refractivity contribution in [2.24, 2.45) is 0 Å². The summed E-state index contributed by atoms with van der Waals surface area (Å²) in [7, 11) is 0. The molecular weight excluding hydrogens is 236 g/mol. The number of rotatable bonds is 4. The van der Waals surface area contributed by atoms with Gasteiger partial charge >= 0.3 is 5.97 Å². The SMILES string of the molecule is CCc1ccccc1C(=O)OC(C)c1ccccc1. The molecule has 0 aliphatic carbocycles. The lowest BCUT2D eigenvalue weighted by Crippen LogP contribution is -2.11. The number of hydrogen-bond donors (Lipinski definition) is 0. The van der Waals surface area contributed by atoms with Crippen molar-refractivity contribution in [1.82, 2.24) is 0 Å². The summed E-state index contributed by atoms with van der Waals surface area (Å²) in [6.45, 7) is 3.93. The maximum Gasteiger partial charge on any atom is 0.339 e. The van der Waals surface area contributed by atoms with Gasteiger partial charge in [-0.25, -0.2) is 4.79 Å². The number of carbonyl (C=O) groups is 1. The predicted octanol–water partition coefficient (Wildman–Crippen LogP) is 4.17. The zero-order chi connectivity index (χ0) is 13.7. The molecule has 2 rings (SSSR count). The second-order valence-corrected chi connectivity index (χ2v) is 4.47. The van der Waals surface area contributed by atoms with Gasteiger partial charge in [0.25, 0.3) is 0 Å². The molecule has 0 saturated carbocycles. The van der Waals surface area contributed by atoms with Crippen LogP contribution in [-0.2, 0) is 11.2 Å². The van der Waals surface area contributed by atoms with Crippen LogP contribution in [0.4, 0.5) is 0 Å². The first-order valence-corrected chi connectivity index (χ1v) is 6.56. The first-order valence-electron chi connectivity index (χ1n) is 6.56. The molecule has 0 N–H and O–H groups in total. The van der Waals surface area contributed by atoms with Crippen molar-refractivity contribution in [2.45, 2.75) is 26.4 Å². The van der Waals surface area contributed by atoms with E-state index in [1.54, 1.807) is 0 Å². The van der Waals surface area contributed by atoms with Crippen LogP contribution in [0.15, 0.2) is 54.6 Å². The summed E-state index contributed by atoms with van der Waals surface area (Å²) < 4.78 is 5.53. The van der Waals surface area contributed by atoms with Gasteiger partial charge in [0, 0.05) is 0 Å². The van der Waals surface area contributed by atoms with Crippen molar-refractivity contribution < 1.29 is 9.53 Å². The van der Waals surface area contributed by atoms with Crippen LogP contribution in [0.3, 0.4) is 0 Å². The van der Waals surface area contributed by atoms with Gasteiger partial charge in [-0.2, -0.15) is 0 Å². The van der Waals surface area contributed by atoms with E-state index in [1.165, 1.54) is 0 Å². The Kier molecular flexibility index (Phi) is 4.35. The number of carbonyl (C=O) groups excluding carboxylic acids is 1. The van der Waals surface area contributed by atoms with Crippen molar-refractivity contribution in [3.8, 4) is 0 Å². The Morgan fingerprint density at radius 2 is 1.68 bits per heavy atom. The Morgan fingerprint density at radius 3 is 2.37 bits per heavy atom. The highest BCUT2D eigenvalue weighted by molar-refractivity contribution is 5.91. The first-order chi connectivity index (χ1) is 9.22. The fourth-order valence-corrected chi connectivity index (χ4v) is 2.04. The van der Waals surface area contributed by atoms with Crippen LogP contribution in [0.25, 0.3) is 0 Å². The van der Waals surface area contributed by atoms with E-state index in [9.17, 15) is 4.79 Å². The van der Waals surface area contributed by atoms with Crippen molar-refractivity contribution in [1.29, 1.82) is 0 Å². The Balaban J connectivity index is 2.13.